The molecule has 2 rings (SSSR count). The van der Waals surface area contributed by atoms with Crippen LogP contribution in [0.25, 0.3) is 0 Å². The van der Waals surface area contributed by atoms with Crippen LogP contribution in [0.2, 0.25) is 0 Å². The summed E-state index contributed by atoms with van der Waals surface area (Å²) in [5, 5.41) is 10.8. The number of aryl methyl sites for hydroxylation is 1. The number of rotatable bonds is 8. The number of carbonyl (C=O) groups is 2. The van der Waals surface area contributed by atoms with Gasteiger partial charge in [-0.25, -0.2) is 9.48 Å². The lowest BCUT2D eigenvalue weighted by molar-refractivity contribution is -0.121. The van der Waals surface area contributed by atoms with Gasteiger partial charge in [0.15, 0.2) is 5.69 Å². The highest BCUT2D eigenvalue weighted by atomic mass is 16.5. The molecular weight excluding hydrogens is 272 g/mol. The molecule has 0 spiro atoms. The Hall–Kier alpha value is -1.92. The van der Waals surface area contributed by atoms with Gasteiger partial charge in [-0.15, -0.1) is 5.10 Å². The van der Waals surface area contributed by atoms with Crippen molar-refractivity contribution in [1.29, 1.82) is 0 Å². The highest BCUT2D eigenvalue weighted by molar-refractivity contribution is 5.88. The number of esters is 1. The van der Waals surface area contributed by atoms with Gasteiger partial charge in [0.2, 0.25) is 5.91 Å². The number of hydrogen-bond acceptors (Lipinski definition) is 5. The Morgan fingerprint density at radius 1 is 1.38 bits per heavy atom. The topological polar surface area (TPSA) is 86.1 Å². The van der Waals surface area contributed by atoms with Crippen molar-refractivity contribution in [1.82, 2.24) is 20.3 Å². The summed E-state index contributed by atoms with van der Waals surface area (Å²) in [6, 6.07) is 0.360. The monoisotopic (exact) mass is 294 g/mol. The molecule has 7 heteroatoms. The maximum atomic E-state index is 11.8. The fourth-order valence-electron chi connectivity index (χ4n) is 2.09. The lowest BCUT2D eigenvalue weighted by Gasteiger charge is -2.07. The fraction of sp³-hybridized carbons (Fsp3) is 0.714. The molecule has 1 fully saturated rings. The number of ether oxygens (including phenoxy) is 1. The standard InChI is InChI=1S/C14H22N4O3/c1-3-5-11-13(14(20)21-4-2)16-17-18(11)9-8-12(19)15-10-6-7-10/h10H,3-9H2,1-2H3,(H,15,19). The van der Waals surface area contributed by atoms with Crippen LogP contribution in [0.5, 0.6) is 0 Å². The fourth-order valence-corrected chi connectivity index (χ4v) is 2.09. The van der Waals surface area contributed by atoms with Crippen LogP contribution in [0.15, 0.2) is 0 Å². The van der Waals surface area contributed by atoms with Gasteiger partial charge >= 0.3 is 5.97 Å². The van der Waals surface area contributed by atoms with Gasteiger partial charge in [-0.05, 0) is 26.2 Å². The summed E-state index contributed by atoms with van der Waals surface area (Å²) in [5.74, 6) is -0.428. The van der Waals surface area contributed by atoms with Gasteiger partial charge in [-0.1, -0.05) is 18.6 Å². The van der Waals surface area contributed by atoms with Gasteiger partial charge in [0.05, 0.1) is 18.8 Å². The van der Waals surface area contributed by atoms with E-state index in [-0.39, 0.29) is 11.6 Å². The van der Waals surface area contributed by atoms with E-state index in [2.05, 4.69) is 15.6 Å². The Labute approximate surface area is 124 Å². The Kier molecular flexibility index (Phi) is 5.30. The minimum absolute atomic E-state index is 0.0214. The van der Waals surface area contributed by atoms with Crippen molar-refractivity contribution in [2.24, 2.45) is 0 Å². The first-order valence-electron chi connectivity index (χ1n) is 7.54. The highest BCUT2D eigenvalue weighted by Gasteiger charge is 2.24. The van der Waals surface area contributed by atoms with E-state index in [1.807, 2.05) is 6.92 Å². The van der Waals surface area contributed by atoms with Gasteiger partial charge in [-0.2, -0.15) is 0 Å². The first-order chi connectivity index (χ1) is 10.2. The molecule has 116 valence electrons. The Morgan fingerprint density at radius 3 is 2.76 bits per heavy atom. The number of aromatic nitrogens is 3. The summed E-state index contributed by atoms with van der Waals surface area (Å²) in [5.41, 5.74) is 1.01. The molecule has 1 amide bonds. The molecule has 0 bridgehead atoms. The van der Waals surface area contributed by atoms with Crippen molar-refractivity contribution in [2.45, 2.75) is 58.5 Å². The molecule has 1 aliphatic rings. The van der Waals surface area contributed by atoms with Gasteiger partial charge in [0, 0.05) is 12.5 Å². The number of nitrogens with one attached hydrogen (secondary N) is 1. The second-order valence-electron chi connectivity index (χ2n) is 5.17. The number of amides is 1. The van der Waals surface area contributed by atoms with E-state index in [4.69, 9.17) is 4.74 Å². The lowest BCUT2D eigenvalue weighted by atomic mass is 10.2. The minimum atomic E-state index is -0.449. The van der Waals surface area contributed by atoms with Gasteiger partial charge in [0.1, 0.15) is 0 Å². The van der Waals surface area contributed by atoms with E-state index < -0.39 is 5.97 Å². The third kappa shape index (κ3) is 4.27. The Bertz CT molecular complexity index is 508. The second kappa shape index (κ2) is 7.19. The lowest BCUT2D eigenvalue weighted by Crippen LogP contribution is -2.26. The van der Waals surface area contributed by atoms with Crippen LogP contribution in [-0.4, -0.2) is 39.5 Å². The van der Waals surface area contributed by atoms with Crippen molar-refractivity contribution in [3.05, 3.63) is 11.4 Å². The number of hydrogen-bond donors (Lipinski definition) is 1. The second-order valence-corrected chi connectivity index (χ2v) is 5.17. The average molecular weight is 294 g/mol. The summed E-state index contributed by atoms with van der Waals surface area (Å²) >= 11 is 0. The van der Waals surface area contributed by atoms with E-state index in [1.54, 1.807) is 11.6 Å². The van der Waals surface area contributed by atoms with Crippen molar-refractivity contribution in [2.75, 3.05) is 6.61 Å². The maximum absolute atomic E-state index is 11.8. The molecule has 0 saturated heterocycles. The zero-order valence-electron chi connectivity index (χ0n) is 12.6. The molecule has 1 heterocycles. The summed E-state index contributed by atoms with van der Waals surface area (Å²) in [6.45, 7) is 4.51. The molecule has 0 radical (unpaired) electrons. The summed E-state index contributed by atoms with van der Waals surface area (Å²) in [7, 11) is 0. The van der Waals surface area contributed by atoms with E-state index in [9.17, 15) is 9.59 Å². The number of carbonyl (C=O) groups excluding carboxylic acids is 2. The van der Waals surface area contributed by atoms with E-state index in [0.717, 1.165) is 25.0 Å². The van der Waals surface area contributed by atoms with E-state index in [1.165, 1.54) is 0 Å². The van der Waals surface area contributed by atoms with Crippen LogP contribution >= 0.6 is 0 Å². The van der Waals surface area contributed by atoms with Crippen molar-refractivity contribution in [3.63, 3.8) is 0 Å². The zero-order chi connectivity index (χ0) is 15.2. The molecule has 0 unspecified atom stereocenters. The van der Waals surface area contributed by atoms with E-state index >= 15 is 0 Å². The predicted octanol–water partition coefficient (Wildman–Crippen LogP) is 1.08. The summed E-state index contributed by atoms with van der Waals surface area (Å²) < 4.78 is 6.62. The van der Waals surface area contributed by atoms with Gasteiger partial charge in [0.25, 0.3) is 0 Å². The van der Waals surface area contributed by atoms with Crippen LogP contribution in [-0.2, 0) is 22.5 Å². The van der Waals surface area contributed by atoms with Gasteiger partial charge < -0.3 is 10.1 Å². The Morgan fingerprint density at radius 2 is 2.14 bits per heavy atom. The summed E-state index contributed by atoms with van der Waals surface area (Å²) in [4.78, 5) is 23.5. The molecule has 1 aliphatic carbocycles. The first-order valence-corrected chi connectivity index (χ1v) is 7.54. The van der Waals surface area contributed by atoms with Crippen LogP contribution in [0.3, 0.4) is 0 Å². The van der Waals surface area contributed by atoms with Crippen molar-refractivity contribution >= 4 is 11.9 Å². The normalized spacial score (nSPS) is 14.0. The predicted molar refractivity (Wildman–Crippen MR) is 75.8 cm³/mol. The third-order valence-electron chi connectivity index (χ3n) is 3.29. The first kappa shape index (κ1) is 15.5. The molecule has 0 atom stereocenters. The molecule has 1 aromatic heterocycles. The molecule has 1 aromatic rings. The Balaban J connectivity index is 2.00. The highest BCUT2D eigenvalue weighted by Crippen LogP contribution is 2.18. The molecule has 1 saturated carbocycles. The third-order valence-corrected chi connectivity index (χ3v) is 3.29. The quantitative estimate of drug-likeness (QED) is 0.725. The zero-order valence-corrected chi connectivity index (χ0v) is 12.6. The molecule has 1 N–H and O–H groups in total. The summed E-state index contributed by atoms with van der Waals surface area (Å²) in [6.07, 6.45) is 4.05. The van der Waals surface area contributed by atoms with E-state index in [0.29, 0.717) is 32.0 Å². The van der Waals surface area contributed by atoms with Crippen LogP contribution in [0.4, 0.5) is 0 Å². The minimum Gasteiger partial charge on any atom is -0.461 e. The van der Waals surface area contributed by atoms with Crippen molar-refractivity contribution in [3.8, 4) is 0 Å². The van der Waals surface area contributed by atoms with Crippen LogP contribution in [0.1, 0.15) is 55.7 Å². The average Bonchev–Trinajstić information content (AvgIpc) is 3.16. The number of nitrogens with zero attached hydrogens (tertiary/aromatic N) is 3. The van der Waals surface area contributed by atoms with Gasteiger partial charge in [-0.3, -0.25) is 4.79 Å². The van der Waals surface area contributed by atoms with Crippen LogP contribution in [0, 0.1) is 0 Å². The maximum Gasteiger partial charge on any atom is 0.360 e. The molecule has 7 nitrogen and oxygen atoms in total. The SMILES string of the molecule is CCCc1c(C(=O)OCC)nnn1CCC(=O)NC1CC1. The van der Waals surface area contributed by atoms with Crippen molar-refractivity contribution < 1.29 is 14.3 Å². The smallest absolute Gasteiger partial charge is 0.360 e. The molecule has 0 aromatic carbocycles. The largest absolute Gasteiger partial charge is 0.461 e. The molecule has 0 aliphatic heterocycles. The van der Waals surface area contributed by atoms with Crippen LogP contribution < -0.4 is 5.32 Å². The molecule has 21 heavy (non-hydrogen) atoms. The molecular formula is C14H22N4O3.